The van der Waals surface area contributed by atoms with E-state index in [1.807, 2.05) is 12.1 Å². The van der Waals surface area contributed by atoms with Gasteiger partial charge in [-0.3, -0.25) is 0 Å². The largest absolute Gasteiger partial charge is 0.497 e. The van der Waals surface area contributed by atoms with Crippen LogP contribution in [-0.2, 0) is 6.42 Å². The van der Waals surface area contributed by atoms with E-state index in [-0.39, 0.29) is 0 Å². The van der Waals surface area contributed by atoms with E-state index in [0.717, 1.165) is 29.5 Å². The molecule has 2 N–H and O–H groups in total. The molecule has 2 nitrogen and oxygen atoms in total. The summed E-state index contributed by atoms with van der Waals surface area (Å²) < 4.78 is 6.38. The highest BCUT2D eigenvalue weighted by molar-refractivity contribution is 9.10. The SMILES string of the molecule is COc1ccc(Br)c(CCCC(N)C(C)C)c1. The average molecular weight is 300 g/mol. The minimum absolute atomic E-state index is 0.305. The predicted molar refractivity (Wildman–Crippen MR) is 76.4 cm³/mol. The summed E-state index contributed by atoms with van der Waals surface area (Å²) in [5, 5.41) is 0. The molecule has 96 valence electrons. The molecule has 3 heteroatoms. The Balaban J connectivity index is 2.51. The summed E-state index contributed by atoms with van der Waals surface area (Å²) in [6.45, 7) is 4.35. The molecular formula is C14H22BrNO. The van der Waals surface area contributed by atoms with E-state index in [9.17, 15) is 0 Å². The summed E-state index contributed by atoms with van der Waals surface area (Å²) in [5.74, 6) is 1.47. The van der Waals surface area contributed by atoms with Crippen molar-refractivity contribution < 1.29 is 4.74 Å². The lowest BCUT2D eigenvalue weighted by molar-refractivity contribution is 0.413. The molecule has 0 radical (unpaired) electrons. The Hall–Kier alpha value is -0.540. The molecule has 0 aromatic heterocycles. The first-order valence-electron chi connectivity index (χ1n) is 6.12. The molecule has 0 aliphatic rings. The molecule has 0 bridgehead atoms. The van der Waals surface area contributed by atoms with Gasteiger partial charge in [0.2, 0.25) is 0 Å². The topological polar surface area (TPSA) is 35.2 Å². The fourth-order valence-electron chi connectivity index (χ4n) is 1.73. The number of halogens is 1. The lowest BCUT2D eigenvalue weighted by Gasteiger charge is -2.15. The molecular weight excluding hydrogens is 278 g/mol. The van der Waals surface area contributed by atoms with Crippen LogP contribution in [-0.4, -0.2) is 13.2 Å². The number of benzene rings is 1. The third kappa shape index (κ3) is 4.68. The maximum absolute atomic E-state index is 6.04. The predicted octanol–water partition coefficient (Wildman–Crippen LogP) is 3.76. The quantitative estimate of drug-likeness (QED) is 0.868. The number of ether oxygens (including phenoxy) is 1. The van der Waals surface area contributed by atoms with E-state index in [4.69, 9.17) is 10.5 Å². The van der Waals surface area contributed by atoms with Crippen LogP contribution in [0.3, 0.4) is 0 Å². The zero-order chi connectivity index (χ0) is 12.8. The van der Waals surface area contributed by atoms with Crippen molar-refractivity contribution in [1.29, 1.82) is 0 Å². The minimum Gasteiger partial charge on any atom is -0.497 e. The molecule has 0 spiro atoms. The monoisotopic (exact) mass is 299 g/mol. The van der Waals surface area contributed by atoms with E-state index in [1.54, 1.807) is 7.11 Å². The van der Waals surface area contributed by atoms with Gasteiger partial charge < -0.3 is 10.5 Å². The molecule has 0 aliphatic carbocycles. The van der Waals surface area contributed by atoms with Crippen molar-refractivity contribution in [2.24, 2.45) is 11.7 Å². The Bertz CT molecular complexity index is 352. The Kier molecular flexibility index (Phi) is 6.00. The van der Waals surface area contributed by atoms with Crippen LogP contribution in [0.1, 0.15) is 32.3 Å². The van der Waals surface area contributed by atoms with Crippen molar-refractivity contribution in [3.63, 3.8) is 0 Å². The van der Waals surface area contributed by atoms with Gasteiger partial charge in [-0.15, -0.1) is 0 Å². The maximum Gasteiger partial charge on any atom is 0.119 e. The highest BCUT2D eigenvalue weighted by Gasteiger charge is 2.08. The zero-order valence-corrected chi connectivity index (χ0v) is 12.5. The molecule has 1 aromatic rings. The second-order valence-corrected chi connectivity index (χ2v) is 5.61. The highest BCUT2D eigenvalue weighted by Crippen LogP contribution is 2.24. The molecule has 0 saturated carbocycles. The summed E-state index contributed by atoms with van der Waals surface area (Å²) in [4.78, 5) is 0. The number of methoxy groups -OCH3 is 1. The van der Waals surface area contributed by atoms with E-state index in [1.165, 1.54) is 5.56 Å². The van der Waals surface area contributed by atoms with Gasteiger partial charge in [-0.25, -0.2) is 0 Å². The Morgan fingerprint density at radius 1 is 1.35 bits per heavy atom. The molecule has 1 unspecified atom stereocenters. The van der Waals surface area contributed by atoms with Crippen LogP contribution < -0.4 is 10.5 Å². The standard InChI is InChI=1S/C14H22BrNO/c1-10(2)14(16)6-4-5-11-9-12(17-3)7-8-13(11)15/h7-10,14H,4-6,16H2,1-3H3. The van der Waals surface area contributed by atoms with Crippen molar-refractivity contribution in [2.75, 3.05) is 7.11 Å². The number of aryl methyl sites for hydroxylation is 1. The van der Waals surface area contributed by atoms with Crippen LogP contribution in [0.5, 0.6) is 5.75 Å². The Morgan fingerprint density at radius 3 is 2.65 bits per heavy atom. The van der Waals surface area contributed by atoms with Crippen LogP contribution in [0.15, 0.2) is 22.7 Å². The summed E-state index contributed by atoms with van der Waals surface area (Å²) in [5.41, 5.74) is 7.33. The fourth-order valence-corrected chi connectivity index (χ4v) is 2.18. The van der Waals surface area contributed by atoms with Crippen LogP contribution >= 0.6 is 15.9 Å². The minimum atomic E-state index is 0.305. The van der Waals surface area contributed by atoms with Gasteiger partial charge in [0.1, 0.15) is 5.75 Å². The molecule has 1 atom stereocenters. The van der Waals surface area contributed by atoms with Gasteiger partial charge in [-0.2, -0.15) is 0 Å². The maximum atomic E-state index is 6.04. The van der Waals surface area contributed by atoms with Crippen molar-refractivity contribution in [3.8, 4) is 5.75 Å². The van der Waals surface area contributed by atoms with E-state index < -0.39 is 0 Å². The first-order chi connectivity index (χ1) is 8.04. The van der Waals surface area contributed by atoms with Crippen molar-refractivity contribution >= 4 is 15.9 Å². The number of nitrogens with two attached hydrogens (primary N) is 1. The molecule has 1 rings (SSSR count). The van der Waals surface area contributed by atoms with Gasteiger partial charge in [0.15, 0.2) is 0 Å². The van der Waals surface area contributed by atoms with E-state index in [2.05, 4.69) is 35.8 Å². The molecule has 0 amide bonds. The van der Waals surface area contributed by atoms with Gasteiger partial charge in [0.25, 0.3) is 0 Å². The van der Waals surface area contributed by atoms with E-state index in [0.29, 0.717) is 12.0 Å². The summed E-state index contributed by atoms with van der Waals surface area (Å²) >= 11 is 3.57. The van der Waals surface area contributed by atoms with E-state index >= 15 is 0 Å². The van der Waals surface area contributed by atoms with Gasteiger partial charge in [-0.1, -0.05) is 29.8 Å². The number of rotatable bonds is 6. The number of hydrogen-bond acceptors (Lipinski definition) is 2. The van der Waals surface area contributed by atoms with Gasteiger partial charge in [0.05, 0.1) is 7.11 Å². The fraction of sp³-hybridized carbons (Fsp3) is 0.571. The lowest BCUT2D eigenvalue weighted by atomic mass is 9.98. The Labute approximate surface area is 113 Å². The first kappa shape index (κ1) is 14.5. The average Bonchev–Trinajstić information content (AvgIpc) is 2.31. The Morgan fingerprint density at radius 2 is 2.06 bits per heavy atom. The van der Waals surface area contributed by atoms with Gasteiger partial charge in [0, 0.05) is 10.5 Å². The summed E-state index contributed by atoms with van der Waals surface area (Å²) in [6.07, 6.45) is 3.23. The third-order valence-corrected chi connectivity index (χ3v) is 3.87. The lowest BCUT2D eigenvalue weighted by Crippen LogP contribution is -2.26. The highest BCUT2D eigenvalue weighted by atomic mass is 79.9. The second kappa shape index (κ2) is 7.02. The van der Waals surface area contributed by atoms with Crippen LogP contribution in [0.4, 0.5) is 0 Å². The summed E-state index contributed by atoms with van der Waals surface area (Å²) in [6, 6.07) is 6.40. The third-order valence-electron chi connectivity index (χ3n) is 3.09. The molecule has 17 heavy (non-hydrogen) atoms. The van der Waals surface area contributed by atoms with Gasteiger partial charge >= 0.3 is 0 Å². The molecule has 0 aliphatic heterocycles. The van der Waals surface area contributed by atoms with Crippen LogP contribution in [0.2, 0.25) is 0 Å². The van der Waals surface area contributed by atoms with Crippen molar-refractivity contribution in [3.05, 3.63) is 28.2 Å². The normalized spacial score (nSPS) is 12.8. The smallest absolute Gasteiger partial charge is 0.119 e. The van der Waals surface area contributed by atoms with Crippen LogP contribution in [0, 0.1) is 5.92 Å². The zero-order valence-electron chi connectivity index (χ0n) is 10.9. The van der Waals surface area contributed by atoms with Crippen LogP contribution in [0.25, 0.3) is 0 Å². The first-order valence-corrected chi connectivity index (χ1v) is 6.92. The second-order valence-electron chi connectivity index (χ2n) is 4.76. The molecule has 0 heterocycles. The molecule has 0 fully saturated rings. The molecule has 1 aromatic carbocycles. The van der Waals surface area contributed by atoms with Crippen molar-refractivity contribution in [1.82, 2.24) is 0 Å². The van der Waals surface area contributed by atoms with Crippen molar-refractivity contribution in [2.45, 2.75) is 39.2 Å². The summed E-state index contributed by atoms with van der Waals surface area (Å²) in [7, 11) is 1.70. The van der Waals surface area contributed by atoms with Gasteiger partial charge in [-0.05, 0) is 48.9 Å². The molecule has 0 saturated heterocycles. The number of hydrogen-bond donors (Lipinski definition) is 1.